The SMILES string of the molecule is COc1ccccc1NC(=S)NCCCn1ncc(Cl)c1C. The molecule has 0 aliphatic heterocycles. The molecular weight excluding hydrogens is 320 g/mol. The second-order valence-electron chi connectivity index (χ2n) is 4.74. The molecule has 2 N–H and O–H groups in total. The van der Waals surface area contributed by atoms with E-state index in [0.29, 0.717) is 10.1 Å². The molecule has 0 spiro atoms. The average Bonchev–Trinajstić information content (AvgIpc) is 2.84. The van der Waals surface area contributed by atoms with Gasteiger partial charge in [0.2, 0.25) is 0 Å². The summed E-state index contributed by atoms with van der Waals surface area (Å²) in [4.78, 5) is 0. The Hall–Kier alpha value is -1.79. The molecule has 0 bridgehead atoms. The maximum atomic E-state index is 5.97. The van der Waals surface area contributed by atoms with Crippen molar-refractivity contribution in [2.45, 2.75) is 19.9 Å². The summed E-state index contributed by atoms with van der Waals surface area (Å²) >= 11 is 11.3. The molecule has 0 aliphatic carbocycles. The summed E-state index contributed by atoms with van der Waals surface area (Å²) in [6.45, 7) is 3.50. The van der Waals surface area contributed by atoms with E-state index < -0.39 is 0 Å². The summed E-state index contributed by atoms with van der Waals surface area (Å²) in [5.74, 6) is 0.758. The lowest BCUT2D eigenvalue weighted by molar-refractivity contribution is 0.417. The Labute approximate surface area is 140 Å². The second kappa shape index (κ2) is 8.00. The first-order valence-corrected chi connectivity index (χ1v) is 7.76. The lowest BCUT2D eigenvalue weighted by Gasteiger charge is -2.13. The molecule has 5 nitrogen and oxygen atoms in total. The third kappa shape index (κ3) is 4.35. The van der Waals surface area contributed by atoms with Crippen LogP contribution in [0.15, 0.2) is 30.5 Å². The van der Waals surface area contributed by atoms with Crippen LogP contribution in [0.5, 0.6) is 5.75 Å². The maximum absolute atomic E-state index is 5.97. The summed E-state index contributed by atoms with van der Waals surface area (Å²) in [5, 5.41) is 11.8. The summed E-state index contributed by atoms with van der Waals surface area (Å²) in [7, 11) is 1.63. The molecular formula is C15H19ClN4OS. The minimum atomic E-state index is 0.569. The highest BCUT2D eigenvalue weighted by molar-refractivity contribution is 7.80. The van der Waals surface area contributed by atoms with Crippen molar-refractivity contribution >= 4 is 34.6 Å². The van der Waals surface area contributed by atoms with Gasteiger partial charge in [-0.1, -0.05) is 23.7 Å². The molecule has 2 aromatic rings. The van der Waals surface area contributed by atoms with Crippen molar-refractivity contribution in [2.75, 3.05) is 19.0 Å². The normalized spacial score (nSPS) is 10.3. The number of methoxy groups -OCH3 is 1. The first kappa shape index (κ1) is 16.6. The smallest absolute Gasteiger partial charge is 0.170 e. The van der Waals surface area contributed by atoms with E-state index in [-0.39, 0.29) is 0 Å². The van der Waals surface area contributed by atoms with Crippen LogP contribution < -0.4 is 15.4 Å². The number of aryl methyl sites for hydroxylation is 1. The van der Waals surface area contributed by atoms with Gasteiger partial charge in [-0.3, -0.25) is 4.68 Å². The van der Waals surface area contributed by atoms with E-state index in [1.54, 1.807) is 13.3 Å². The van der Waals surface area contributed by atoms with Crippen LogP contribution in [0.4, 0.5) is 5.69 Å². The number of benzene rings is 1. The average molecular weight is 339 g/mol. The zero-order chi connectivity index (χ0) is 15.9. The zero-order valence-electron chi connectivity index (χ0n) is 12.6. The third-order valence-corrected chi connectivity index (χ3v) is 3.85. The van der Waals surface area contributed by atoms with E-state index in [4.69, 9.17) is 28.6 Å². The predicted molar refractivity (Wildman–Crippen MR) is 93.8 cm³/mol. The standard InChI is InChI=1S/C15H19ClN4OS/c1-11-12(16)10-18-20(11)9-5-8-17-15(22)19-13-6-3-4-7-14(13)21-2/h3-4,6-7,10H,5,8-9H2,1-2H3,(H2,17,19,22). The van der Waals surface area contributed by atoms with Crippen LogP contribution in [0.3, 0.4) is 0 Å². The lowest BCUT2D eigenvalue weighted by atomic mass is 10.3. The van der Waals surface area contributed by atoms with Crippen molar-refractivity contribution in [3.63, 3.8) is 0 Å². The number of aromatic nitrogens is 2. The molecule has 2 rings (SSSR count). The minimum Gasteiger partial charge on any atom is -0.495 e. The fourth-order valence-electron chi connectivity index (χ4n) is 1.99. The minimum absolute atomic E-state index is 0.569. The topological polar surface area (TPSA) is 51.1 Å². The van der Waals surface area contributed by atoms with E-state index in [9.17, 15) is 0 Å². The van der Waals surface area contributed by atoms with E-state index in [1.807, 2.05) is 35.9 Å². The molecule has 0 saturated heterocycles. The van der Waals surface area contributed by atoms with Crippen LogP contribution in [0, 0.1) is 6.92 Å². The Kier molecular flexibility index (Phi) is 6.03. The monoisotopic (exact) mass is 338 g/mol. The Morgan fingerprint density at radius 3 is 2.86 bits per heavy atom. The Morgan fingerprint density at radius 1 is 1.41 bits per heavy atom. The molecule has 1 heterocycles. The quantitative estimate of drug-likeness (QED) is 0.625. The molecule has 0 atom stereocenters. The number of thiocarbonyl (C=S) groups is 1. The lowest BCUT2D eigenvalue weighted by Crippen LogP contribution is -2.30. The van der Waals surface area contributed by atoms with Gasteiger partial charge in [-0.05, 0) is 37.7 Å². The molecule has 0 fully saturated rings. The highest BCUT2D eigenvalue weighted by Crippen LogP contribution is 2.22. The van der Waals surface area contributed by atoms with Gasteiger partial charge in [0.25, 0.3) is 0 Å². The number of halogens is 1. The van der Waals surface area contributed by atoms with Crippen LogP contribution in [0.1, 0.15) is 12.1 Å². The van der Waals surface area contributed by atoms with Gasteiger partial charge >= 0.3 is 0 Å². The highest BCUT2D eigenvalue weighted by Gasteiger charge is 2.05. The van der Waals surface area contributed by atoms with Gasteiger partial charge in [0.15, 0.2) is 5.11 Å². The molecule has 7 heteroatoms. The molecule has 0 aliphatic rings. The number of hydrogen-bond acceptors (Lipinski definition) is 3. The largest absolute Gasteiger partial charge is 0.495 e. The van der Waals surface area contributed by atoms with Gasteiger partial charge in [0.05, 0.1) is 29.7 Å². The number of rotatable bonds is 6. The van der Waals surface area contributed by atoms with Crippen molar-refractivity contribution < 1.29 is 4.74 Å². The van der Waals surface area contributed by atoms with Crippen molar-refractivity contribution in [1.82, 2.24) is 15.1 Å². The second-order valence-corrected chi connectivity index (χ2v) is 5.55. The van der Waals surface area contributed by atoms with Gasteiger partial charge in [-0.2, -0.15) is 5.10 Å². The van der Waals surface area contributed by atoms with Crippen LogP contribution in [-0.2, 0) is 6.54 Å². The van der Waals surface area contributed by atoms with Crippen molar-refractivity contribution in [2.24, 2.45) is 0 Å². The summed E-state index contributed by atoms with van der Waals surface area (Å²) in [6.07, 6.45) is 2.56. The van der Waals surface area contributed by atoms with Crippen LogP contribution in [-0.4, -0.2) is 28.5 Å². The fraction of sp³-hybridized carbons (Fsp3) is 0.333. The molecule has 1 aromatic carbocycles. The first-order valence-electron chi connectivity index (χ1n) is 6.97. The van der Waals surface area contributed by atoms with Gasteiger partial charge in [0, 0.05) is 13.1 Å². The molecule has 118 valence electrons. The number of anilines is 1. The number of hydrogen-bond donors (Lipinski definition) is 2. The molecule has 0 unspecified atom stereocenters. The highest BCUT2D eigenvalue weighted by atomic mass is 35.5. The van der Waals surface area contributed by atoms with Crippen molar-refractivity contribution in [3.8, 4) is 5.75 Å². The van der Waals surface area contributed by atoms with E-state index >= 15 is 0 Å². The number of nitrogens with zero attached hydrogens (tertiary/aromatic N) is 2. The van der Waals surface area contributed by atoms with Crippen molar-refractivity contribution in [1.29, 1.82) is 0 Å². The van der Waals surface area contributed by atoms with Crippen LogP contribution >= 0.6 is 23.8 Å². The summed E-state index contributed by atoms with van der Waals surface area (Å²) in [6, 6.07) is 7.65. The molecule has 0 saturated carbocycles. The van der Waals surface area contributed by atoms with Gasteiger partial charge in [-0.15, -0.1) is 0 Å². The van der Waals surface area contributed by atoms with E-state index in [2.05, 4.69) is 15.7 Å². The predicted octanol–water partition coefficient (Wildman–Crippen LogP) is 3.23. The summed E-state index contributed by atoms with van der Waals surface area (Å²) in [5.41, 5.74) is 1.83. The van der Waals surface area contributed by atoms with E-state index in [1.165, 1.54) is 0 Å². The molecule has 22 heavy (non-hydrogen) atoms. The van der Waals surface area contributed by atoms with Gasteiger partial charge < -0.3 is 15.4 Å². The first-order chi connectivity index (χ1) is 10.6. The van der Waals surface area contributed by atoms with Crippen LogP contribution in [0.2, 0.25) is 5.02 Å². The maximum Gasteiger partial charge on any atom is 0.170 e. The Balaban J connectivity index is 1.75. The zero-order valence-corrected chi connectivity index (χ0v) is 14.2. The number of ether oxygens (including phenoxy) is 1. The third-order valence-electron chi connectivity index (χ3n) is 3.23. The molecule has 1 aromatic heterocycles. The molecule has 0 amide bonds. The Morgan fingerprint density at radius 2 is 2.18 bits per heavy atom. The van der Waals surface area contributed by atoms with Gasteiger partial charge in [-0.25, -0.2) is 0 Å². The fourth-order valence-corrected chi connectivity index (χ4v) is 2.35. The van der Waals surface area contributed by atoms with E-state index in [0.717, 1.165) is 36.6 Å². The van der Waals surface area contributed by atoms with Crippen molar-refractivity contribution in [3.05, 3.63) is 41.2 Å². The number of para-hydroxylation sites is 2. The summed E-state index contributed by atoms with van der Waals surface area (Å²) < 4.78 is 7.16. The Bertz CT molecular complexity index is 644. The molecule has 0 radical (unpaired) electrons. The number of nitrogens with one attached hydrogen (secondary N) is 2. The van der Waals surface area contributed by atoms with Gasteiger partial charge in [0.1, 0.15) is 5.75 Å². The van der Waals surface area contributed by atoms with Crippen LogP contribution in [0.25, 0.3) is 0 Å².